The van der Waals surface area contributed by atoms with E-state index in [4.69, 9.17) is 10.8 Å². The summed E-state index contributed by atoms with van der Waals surface area (Å²) in [5, 5.41) is 4.70. The maximum absolute atomic E-state index is 13.7. The van der Waals surface area contributed by atoms with E-state index < -0.39 is 5.91 Å². The first kappa shape index (κ1) is 18.4. The predicted molar refractivity (Wildman–Crippen MR) is 106 cm³/mol. The minimum absolute atomic E-state index is 0.0447. The van der Waals surface area contributed by atoms with Gasteiger partial charge in [-0.15, -0.1) is 5.10 Å². The number of benzene rings is 1. The van der Waals surface area contributed by atoms with Crippen LogP contribution in [0.5, 0.6) is 0 Å². The number of primary amides is 1. The Kier molecular flexibility index (Phi) is 4.33. The Morgan fingerprint density at radius 1 is 1.25 bits per heavy atom. The predicted octanol–water partition coefficient (Wildman–Crippen LogP) is 3.61. The van der Waals surface area contributed by atoms with Crippen molar-refractivity contribution in [3.8, 4) is 0 Å². The van der Waals surface area contributed by atoms with E-state index >= 15 is 0 Å². The first-order valence-electron chi connectivity index (χ1n) is 9.48. The number of anilines is 1. The van der Waals surface area contributed by atoms with E-state index in [1.807, 2.05) is 39.0 Å². The number of nitrogens with zero attached hydrogens (tertiary/aromatic N) is 4. The topological polar surface area (TPSA) is 76.5 Å². The third-order valence-corrected chi connectivity index (χ3v) is 5.19. The molecule has 0 aliphatic carbocycles. The Hall–Kier alpha value is -2.96. The van der Waals surface area contributed by atoms with Gasteiger partial charge in [-0.2, -0.15) is 0 Å². The van der Waals surface area contributed by atoms with E-state index in [0.717, 1.165) is 30.8 Å². The minimum atomic E-state index is -0.551. The van der Waals surface area contributed by atoms with Crippen LogP contribution in [0.1, 0.15) is 61.4 Å². The Labute approximate surface area is 163 Å². The van der Waals surface area contributed by atoms with Gasteiger partial charge in [0, 0.05) is 12.0 Å². The maximum atomic E-state index is 13.7. The van der Waals surface area contributed by atoms with Gasteiger partial charge in [0.25, 0.3) is 5.91 Å². The highest BCUT2D eigenvalue weighted by Crippen LogP contribution is 2.36. The van der Waals surface area contributed by atoms with Crippen molar-refractivity contribution in [3.05, 3.63) is 59.2 Å². The lowest BCUT2D eigenvalue weighted by molar-refractivity contribution is 0.0991. The fourth-order valence-electron chi connectivity index (χ4n) is 3.92. The fraction of sp³-hybridized carbons (Fsp3) is 0.381. The van der Waals surface area contributed by atoms with Crippen LogP contribution in [-0.4, -0.2) is 27.0 Å². The molecule has 1 aliphatic heterocycles. The second-order valence-corrected chi connectivity index (χ2v) is 8.29. The van der Waals surface area contributed by atoms with Crippen LogP contribution < -0.4 is 10.6 Å². The van der Waals surface area contributed by atoms with Gasteiger partial charge in [-0.3, -0.25) is 4.79 Å². The normalized spacial score (nSPS) is 17.4. The Morgan fingerprint density at radius 2 is 2.04 bits per heavy atom. The number of carbonyl (C=O) groups is 1. The molecule has 0 spiro atoms. The molecule has 1 aliphatic rings. The smallest absolute Gasteiger partial charge is 0.269 e. The summed E-state index contributed by atoms with van der Waals surface area (Å²) in [5.74, 6) is -0.0713. The number of rotatable bonds is 3. The van der Waals surface area contributed by atoms with Gasteiger partial charge in [-0.25, -0.2) is 13.9 Å². The quantitative estimate of drug-likeness (QED) is 0.752. The van der Waals surface area contributed by atoms with E-state index in [9.17, 15) is 9.18 Å². The number of hydrogen-bond donors (Lipinski definition) is 1. The number of halogens is 1. The number of fused-ring (bicyclic) bond motifs is 1. The van der Waals surface area contributed by atoms with Crippen molar-refractivity contribution in [1.82, 2.24) is 14.6 Å². The number of nitrogens with two attached hydrogens (primary N) is 1. The molecule has 7 heteroatoms. The average molecular weight is 381 g/mol. The summed E-state index contributed by atoms with van der Waals surface area (Å²) in [7, 11) is 0. The molecule has 0 saturated carbocycles. The minimum Gasteiger partial charge on any atom is -0.364 e. The molecule has 1 atom stereocenters. The Bertz CT molecular complexity index is 1050. The molecule has 0 unspecified atom stereocenters. The lowest BCUT2D eigenvalue weighted by Crippen LogP contribution is -2.26. The van der Waals surface area contributed by atoms with Crippen molar-refractivity contribution < 1.29 is 9.18 Å². The van der Waals surface area contributed by atoms with Crippen LogP contribution in [0.15, 0.2) is 36.4 Å². The van der Waals surface area contributed by atoms with Crippen LogP contribution in [0.25, 0.3) is 5.65 Å². The van der Waals surface area contributed by atoms with Crippen LogP contribution in [0.4, 0.5) is 10.2 Å². The highest BCUT2D eigenvalue weighted by molar-refractivity contribution is 5.93. The SMILES string of the molecule is CC(C)(C)c1nc2ccc(N3CCC[C@@H]3c3cccc(F)c3)nn2c1C(N)=O. The average Bonchev–Trinajstić information content (AvgIpc) is 3.25. The van der Waals surface area contributed by atoms with E-state index in [1.165, 1.54) is 6.07 Å². The first-order chi connectivity index (χ1) is 13.3. The van der Waals surface area contributed by atoms with Gasteiger partial charge in [0.2, 0.25) is 0 Å². The third-order valence-electron chi connectivity index (χ3n) is 5.19. The molecule has 6 nitrogen and oxygen atoms in total. The van der Waals surface area contributed by atoms with Crippen molar-refractivity contribution in [2.45, 2.75) is 45.1 Å². The largest absolute Gasteiger partial charge is 0.364 e. The molecule has 1 aromatic carbocycles. The second-order valence-electron chi connectivity index (χ2n) is 8.29. The number of hydrogen-bond acceptors (Lipinski definition) is 4. The van der Waals surface area contributed by atoms with Crippen LogP contribution in [0.3, 0.4) is 0 Å². The van der Waals surface area contributed by atoms with Gasteiger partial charge in [0.15, 0.2) is 11.3 Å². The summed E-state index contributed by atoms with van der Waals surface area (Å²) in [4.78, 5) is 18.9. The van der Waals surface area contributed by atoms with Gasteiger partial charge in [0.05, 0.1) is 11.7 Å². The fourth-order valence-corrected chi connectivity index (χ4v) is 3.92. The summed E-state index contributed by atoms with van der Waals surface area (Å²) in [6.45, 7) is 6.78. The molecule has 28 heavy (non-hydrogen) atoms. The van der Waals surface area contributed by atoms with Crippen LogP contribution in [0, 0.1) is 5.82 Å². The molecule has 3 aromatic rings. The maximum Gasteiger partial charge on any atom is 0.269 e. The van der Waals surface area contributed by atoms with Crippen LogP contribution >= 0.6 is 0 Å². The molecular formula is C21H24FN5O. The lowest BCUT2D eigenvalue weighted by Gasteiger charge is -2.26. The molecule has 3 heterocycles. The zero-order chi connectivity index (χ0) is 20.1. The molecule has 1 amide bonds. The van der Waals surface area contributed by atoms with Gasteiger partial charge >= 0.3 is 0 Å². The molecule has 2 aromatic heterocycles. The lowest BCUT2D eigenvalue weighted by atomic mass is 9.90. The second kappa shape index (κ2) is 6.58. The van der Waals surface area contributed by atoms with E-state index in [1.54, 1.807) is 16.6 Å². The molecule has 1 fully saturated rings. The number of amides is 1. The van der Waals surface area contributed by atoms with E-state index in [-0.39, 0.29) is 17.3 Å². The van der Waals surface area contributed by atoms with Crippen molar-refractivity contribution in [1.29, 1.82) is 0 Å². The standard InChI is InChI=1S/C21H24FN5O/c1-21(2,3)19-18(20(23)28)27-16(24-19)9-10-17(25-27)26-11-5-8-15(26)13-6-4-7-14(22)12-13/h4,6-7,9-10,12,15H,5,8,11H2,1-3H3,(H2,23,28)/t15-/m1/s1. The monoisotopic (exact) mass is 381 g/mol. The third kappa shape index (κ3) is 3.10. The van der Waals surface area contributed by atoms with Crippen molar-refractivity contribution in [2.24, 2.45) is 5.73 Å². The van der Waals surface area contributed by atoms with Crippen molar-refractivity contribution in [3.63, 3.8) is 0 Å². The van der Waals surface area contributed by atoms with Gasteiger partial charge in [-0.1, -0.05) is 32.9 Å². The van der Waals surface area contributed by atoms with Gasteiger partial charge < -0.3 is 10.6 Å². The first-order valence-corrected chi connectivity index (χ1v) is 9.48. The van der Waals surface area contributed by atoms with Crippen LogP contribution in [0.2, 0.25) is 0 Å². The molecule has 1 saturated heterocycles. The zero-order valence-electron chi connectivity index (χ0n) is 16.3. The molecule has 0 radical (unpaired) electrons. The summed E-state index contributed by atoms with van der Waals surface area (Å²) in [6.07, 6.45) is 1.91. The number of carbonyl (C=O) groups excluding carboxylic acids is 1. The van der Waals surface area contributed by atoms with E-state index in [2.05, 4.69) is 9.88 Å². The molecular weight excluding hydrogens is 357 g/mol. The zero-order valence-corrected chi connectivity index (χ0v) is 16.3. The summed E-state index contributed by atoms with van der Waals surface area (Å²) < 4.78 is 15.3. The van der Waals surface area contributed by atoms with E-state index in [0.29, 0.717) is 17.0 Å². The highest BCUT2D eigenvalue weighted by Gasteiger charge is 2.30. The van der Waals surface area contributed by atoms with Gasteiger partial charge in [-0.05, 0) is 42.7 Å². The summed E-state index contributed by atoms with van der Waals surface area (Å²) in [5.41, 5.74) is 7.78. The molecule has 0 bridgehead atoms. The highest BCUT2D eigenvalue weighted by atomic mass is 19.1. The summed E-state index contributed by atoms with van der Waals surface area (Å²) >= 11 is 0. The van der Waals surface area contributed by atoms with Gasteiger partial charge in [0.1, 0.15) is 11.6 Å². The number of aromatic nitrogens is 3. The number of imidazole rings is 1. The molecule has 4 rings (SSSR count). The molecule has 146 valence electrons. The van der Waals surface area contributed by atoms with Crippen molar-refractivity contribution >= 4 is 17.4 Å². The van der Waals surface area contributed by atoms with Crippen molar-refractivity contribution in [2.75, 3.05) is 11.4 Å². The molecule has 2 N–H and O–H groups in total. The Morgan fingerprint density at radius 3 is 2.71 bits per heavy atom. The summed E-state index contributed by atoms with van der Waals surface area (Å²) in [6, 6.07) is 10.5. The van der Waals surface area contributed by atoms with Crippen LogP contribution in [-0.2, 0) is 5.41 Å². The Balaban J connectivity index is 1.81.